The van der Waals surface area contributed by atoms with Crippen molar-refractivity contribution in [1.29, 1.82) is 0 Å². The summed E-state index contributed by atoms with van der Waals surface area (Å²) in [6, 6.07) is 2.07. The number of amides is 1. The zero-order chi connectivity index (χ0) is 27.6. The maximum atomic E-state index is 12.3. The molecule has 0 radical (unpaired) electrons. The van der Waals surface area contributed by atoms with Crippen molar-refractivity contribution in [3.63, 3.8) is 0 Å². The van der Waals surface area contributed by atoms with E-state index in [1.807, 2.05) is 53.0 Å². The molecule has 0 aromatic carbocycles. The molecule has 3 heterocycles. The molecule has 1 unspecified atom stereocenters. The highest BCUT2D eigenvalue weighted by Gasteiger charge is 2.29. The van der Waals surface area contributed by atoms with Gasteiger partial charge in [-0.2, -0.15) is 5.10 Å². The minimum atomic E-state index is -0.507. The quantitative estimate of drug-likeness (QED) is 0.261. The molecule has 1 aliphatic rings. The van der Waals surface area contributed by atoms with Crippen molar-refractivity contribution in [3.05, 3.63) is 47.8 Å². The van der Waals surface area contributed by atoms with Crippen molar-refractivity contribution < 1.29 is 19.1 Å². The first kappa shape index (κ1) is 29.9. The van der Waals surface area contributed by atoms with Crippen molar-refractivity contribution in [2.75, 3.05) is 24.6 Å². The SMILES string of the molecule is C=C/C(=C(\C)CCCNC(=O)OC(C)(C)C)C1CCCN1c1ccn2ncc(C(=O)OCC)c2n1.CC. The van der Waals surface area contributed by atoms with E-state index in [0.717, 1.165) is 38.0 Å². The van der Waals surface area contributed by atoms with Crippen LogP contribution in [-0.4, -0.2) is 58.0 Å². The number of alkyl carbamates (subject to hydrolysis) is 1. The van der Waals surface area contributed by atoms with Crippen LogP contribution in [0.15, 0.2) is 42.3 Å². The minimum absolute atomic E-state index is 0.148. The lowest BCUT2D eigenvalue weighted by molar-refractivity contribution is 0.0517. The van der Waals surface area contributed by atoms with Crippen LogP contribution in [-0.2, 0) is 9.47 Å². The van der Waals surface area contributed by atoms with Gasteiger partial charge in [0, 0.05) is 19.3 Å². The van der Waals surface area contributed by atoms with Crippen LogP contribution < -0.4 is 10.2 Å². The number of nitrogens with zero attached hydrogens (tertiary/aromatic N) is 4. The molecule has 1 amide bonds. The third-order valence-electron chi connectivity index (χ3n) is 5.87. The molecule has 1 atom stereocenters. The summed E-state index contributed by atoms with van der Waals surface area (Å²) < 4.78 is 12.0. The Labute approximate surface area is 220 Å². The summed E-state index contributed by atoms with van der Waals surface area (Å²) in [6.07, 6.45) is 8.52. The van der Waals surface area contributed by atoms with Crippen LogP contribution in [0.4, 0.5) is 10.6 Å². The van der Waals surface area contributed by atoms with Crippen molar-refractivity contribution >= 4 is 23.5 Å². The predicted molar refractivity (Wildman–Crippen MR) is 147 cm³/mol. The number of hydrogen-bond donors (Lipinski definition) is 1. The second kappa shape index (κ2) is 13.8. The molecular formula is C28H43N5O4. The third kappa shape index (κ3) is 8.06. The molecule has 1 saturated heterocycles. The number of nitrogens with one attached hydrogen (secondary N) is 1. The first-order chi connectivity index (χ1) is 17.6. The molecule has 0 bridgehead atoms. The van der Waals surface area contributed by atoms with Crippen LogP contribution in [0.1, 0.15) is 84.5 Å². The zero-order valence-electron chi connectivity index (χ0n) is 23.5. The normalized spacial score (nSPS) is 16.0. The first-order valence-corrected chi connectivity index (χ1v) is 13.2. The summed E-state index contributed by atoms with van der Waals surface area (Å²) in [7, 11) is 0. The van der Waals surface area contributed by atoms with Gasteiger partial charge < -0.3 is 19.7 Å². The van der Waals surface area contributed by atoms with E-state index >= 15 is 0 Å². The van der Waals surface area contributed by atoms with Gasteiger partial charge in [-0.3, -0.25) is 0 Å². The van der Waals surface area contributed by atoms with E-state index in [-0.39, 0.29) is 6.04 Å². The molecule has 1 fully saturated rings. The van der Waals surface area contributed by atoms with Crippen LogP contribution in [0.2, 0.25) is 0 Å². The summed E-state index contributed by atoms with van der Waals surface area (Å²) in [5.41, 5.74) is 2.76. The minimum Gasteiger partial charge on any atom is -0.462 e. The number of allylic oxidation sites excluding steroid dienone is 1. The van der Waals surface area contributed by atoms with E-state index in [0.29, 0.717) is 24.4 Å². The molecule has 0 aliphatic carbocycles. The number of carbonyl (C=O) groups excluding carboxylic acids is 2. The summed E-state index contributed by atoms with van der Waals surface area (Å²) in [5.74, 6) is 0.373. The van der Waals surface area contributed by atoms with Gasteiger partial charge in [0.15, 0.2) is 5.65 Å². The number of esters is 1. The monoisotopic (exact) mass is 513 g/mol. The van der Waals surface area contributed by atoms with Gasteiger partial charge in [0.2, 0.25) is 0 Å². The number of anilines is 1. The maximum absolute atomic E-state index is 12.3. The molecule has 9 heteroatoms. The van der Waals surface area contributed by atoms with Crippen LogP contribution in [0.5, 0.6) is 0 Å². The topological polar surface area (TPSA) is 98.1 Å². The zero-order valence-corrected chi connectivity index (χ0v) is 23.5. The number of fused-ring (bicyclic) bond motifs is 1. The van der Waals surface area contributed by atoms with Crippen molar-refractivity contribution in [2.24, 2.45) is 0 Å². The molecular weight excluding hydrogens is 470 g/mol. The van der Waals surface area contributed by atoms with Crippen LogP contribution >= 0.6 is 0 Å². The molecule has 2 aromatic heterocycles. The molecule has 3 rings (SSSR count). The maximum Gasteiger partial charge on any atom is 0.407 e. The van der Waals surface area contributed by atoms with E-state index in [4.69, 9.17) is 14.5 Å². The van der Waals surface area contributed by atoms with Gasteiger partial charge in [0.1, 0.15) is 17.0 Å². The van der Waals surface area contributed by atoms with E-state index in [1.54, 1.807) is 11.4 Å². The molecule has 1 N–H and O–H groups in total. The average Bonchev–Trinajstić information content (AvgIpc) is 3.50. The Balaban J connectivity index is 0.00000235. The largest absolute Gasteiger partial charge is 0.462 e. The van der Waals surface area contributed by atoms with Gasteiger partial charge in [-0.15, -0.1) is 0 Å². The predicted octanol–water partition coefficient (Wildman–Crippen LogP) is 5.71. The molecule has 204 valence electrons. The molecule has 9 nitrogen and oxygen atoms in total. The van der Waals surface area contributed by atoms with E-state index in [9.17, 15) is 9.59 Å². The molecule has 0 spiro atoms. The van der Waals surface area contributed by atoms with E-state index in [2.05, 4.69) is 28.8 Å². The highest BCUT2D eigenvalue weighted by Crippen LogP contribution is 2.32. The fraction of sp³-hybridized carbons (Fsp3) is 0.571. The number of rotatable bonds is 9. The Morgan fingerprint density at radius 3 is 2.68 bits per heavy atom. The van der Waals surface area contributed by atoms with Gasteiger partial charge >= 0.3 is 12.1 Å². The average molecular weight is 514 g/mol. The Hall–Kier alpha value is -3.36. The Bertz CT molecular complexity index is 1100. The summed E-state index contributed by atoms with van der Waals surface area (Å²) in [6.45, 7) is 19.2. The van der Waals surface area contributed by atoms with Gasteiger partial charge in [-0.05, 0) is 71.9 Å². The van der Waals surface area contributed by atoms with Crippen LogP contribution in [0.25, 0.3) is 5.65 Å². The second-order valence-corrected chi connectivity index (χ2v) is 9.66. The van der Waals surface area contributed by atoms with E-state index in [1.165, 1.54) is 17.3 Å². The molecule has 0 saturated carbocycles. The number of hydrogen-bond acceptors (Lipinski definition) is 7. The summed E-state index contributed by atoms with van der Waals surface area (Å²) in [5, 5.41) is 7.05. The number of carbonyl (C=O) groups is 2. The third-order valence-corrected chi connectivity index (χ3v) is 5.87. The summed E-state index contributed by atoms with van der Waals surface area (Å²) >= 11 is 0. The lowest BCUT2D eigenvalue weighted by atomic mass is 9.96. The standard InChI is InChI=1S/C26H37N5O4.C2H6/c1-7-19(18(3)11-9-14-27-25(33)35-26(4,5)6)21-12-10-15-30(21)22-13-16-31-23(29-22)20(17-28-31)24(32)34-8-2;1-2/h7,13,16-17,21H,1,8-12,14-15H2,2-6H3,(H,27,33);1-2H3/b19-18-;. The fourth-order valence-corrected chi connectivity index (χ4v) is 4.33. The lowest BCUT2D eigenvalue weighted by Gasteiger charge is -2.28. The van der Waals surface area contributed by atoms with Crippen molar-refractivity contribution in [2.45, 2.75) is 85.8 Å². The smallest absolute Gasteiger partial charge is 0.407 e. The highest BCUT2D eigenvalue weighted by atomic mass is 16.6. The highest BCUT2D eigenvalue weighted by molar-refractivity contribution is 5.95. The fourth-order valence-electron chi connectivity index (χ4n) is 4.33. The van der Waals surface area contributed by atoms with Crippen molar-refractivity contribution in [3.8, 4) is 0 Å². The van der Waals surface area contributed by atoms with Crippen molar-refractivity contribution in [1.82, 2.24) is 19.9 Å². The number of aromatic nitrogens is 3. The molecule has 2 aromatic rings. The Kier molecular flexibility index (Phi) is 11.1. The van der Waals surface area contributed by atoms with Crippen LogP contribution in [0.3, 0.4) is 0 Å². The Morgan fingerprint density at radius 1 is 1.30 bits per heavy atom. The van der Waals surface area contributed by atoms with E-state index < -0.39 is 17.7 Å². The second-order valence-electron chi connectivity index (χ2n) is 9.66. The molecule has 1 aliphatic heterocycles. The summed E-state index contributed by atoms with van der Waals surface area (Å²) in [4.78, 5) is 31.2. The first-order valence-electron chi connectivity index (χ1n) is 13.2. The van der Waals surface area contributed by atoms with Crippen LogP contribution in [0, 0.1) is 0 Å². The van der Waals surface area contributed by atoms with Gasteiger partial charge in [0.05, 0.1) is 18.8 Å². The van der Waals surface area contributed by atoms with Gasteiger partial charge in [0.25, 0.3) is 0 Å². The lowest BCUT2D eigenvalue weighted by Crippen LogP contribution is -2.33. The van der Waals surface area contributed by atoms with Gasteiger partial charge in [-0.1, -0.05) is 32.1 Å². The molecule has 37 heavy (non-hydrogen) atoms. The number of ether oxygens (including phenoxy) is 2. The van der Waals surface area contributed by atoms with Gasteiger partial charge in [-0.25, -0.2) is 19.1 Å². The Morgan fingerprint density at radius 2 is 2.03 bits per heavy atom.